The van der Waals surface area contributed by atoms with Gasteiger partial charge in [-0.25, -0.2) is 14.4 Å². The van der Waals surface area contributed by atoms with Crippen molar-refractivity contribution >= 4 is 29.7 Å². The first-order valence-corrected chi connectivity index (χ1v) is 10.5. The fourth-order valence-corrected chi connectivity index (χ4v) is 3.03. The molecular weight excluding hydrogens is 458 g/mol. The van der Waals surface area contributed by atoms with E-state index in [0.717, 1.165) is 7.11 Å². The Morgan fingerprint density at radius 3 is 2.09 bits per heavy atom. The van der Waals surface area contributed by atoms with Gasteiger partial charge in [-0.1, -0.05) is 12.1 Å². The van der Waals surface area contributed by atoms with Crippen molar-refractivity contribution in [1.29, 1.82) is 5.41 Å². The fraction of sp³-hybridized carbons (Fsp3) is 0.292. The maximum atomic E-state index is 12.5. The van der Waals surface area contributed by atoms with Gasteiger partial charge >= 0.3 is 12.1 Å². The number of benzene rings is 2. The first kappa shape index (κ1) is 25.4. The van der Waals surface area contributed by atoms with E-state index in [1.54, 1.807) is 32.9 Å². The molecule has 0 spiro atoms. The number of alkyl carbamates (subject to hydrolysis) is 1. The van der Waals surface area contributed by atoms with Gasteiger partial charge in [-0.3, -0.25) is 20.3 Å². The summed E-state index contributed by atoms with van der Waals surface area (Å²) in [4.78, 5) is 54.4. The molecule has 0 aromatic heterocycles. The minimum absolute atomic E-state index is 0.167. The van der Waals surface area contributed by atoms with Gasteiger partial charge in [-0.15, -0.1) is 5.06 Å². The van der Waals surface area contributed by atoms with Gasteiger partial charge in [-0.05, 0) is 57.2 Å². The van der Waals surface area contributed by atoms with Crippen molar-refractivity contribution < 1.29 is 38.2 Å². The predicted octanol–water partition coefficient (Wildman–Crippen LogP) is 2.68. The number of fused-ring (bicyclic) bond motifs is 1. The Morgan fingerprint density at radius 1 is 1.00 bits per heavy atom. The number of nitrogens with zero attached hydrogens (tertiary/aromatic N) is 1. The quantitative estimate of drug-likeness (QED) is 0.265. The van der Waals surface area contributed by atoms with Crippen LogP contribution in [0.4, 0.5) is 4.79 Å². The maximum Gasteiger partial charge on any atom is 0.413 e. The molecule has 0 radical (unpaired) electrons. The molecule has 1 aliphatic rings. The van der Waals surface area contributed by atoms with Crippen LogP contribution in [0.5, 0.6) is 5.75 Å². The molecule has 3 rings (SSSR count). The van der Waals surface area contributed by atoms with Crippen molar-refractivity contribution in [3.63, 3.8) is 0 Å². The van der Waals surface area contributed by atoms with E-state index in [9.17, 15) is 19.2 Å². The normalized spacial score (nSPS) is 13.7. The Balaban J connectivity index is 1.61. The molecule has 0 saturated carbocycles. The van der Waals surface area contributed by atoms with E-state index in [-0.39, 0.29) is 23.6 Å². The van der Waals surface area contributed by atoms with Crippen LogP contribution in [0.3, 0.4) is 0 Å². The lowest BCUT2D eigenvalue weighted by molar-refractivity contribution is -0.181. The van der Waals surface area contributed by atoms with E-state index < -0.39 is 35.6 Å². The van der Waals surface area contributed by atoms with Crippen LogP contribution >= 0.6 is 0 Å². The fourth-order valence-electron chi connectivity index (χ4n) is 3.03. The van der Waals surface area contributed by atoms with Crippen molar-refractivity contribution in [2.45, 2.75) is 32.5 Å². The van der Waals surface area contributed by atoms with Gasteiger partial charge in [-0.2, -0.15) is 0 Å². The summed E-state index contributed by atoms with van der Waals surface area (Å²) in [6.45, 7) is 4.76. The highest BCUT2D eigenvalue weighted by Crippen LogP contribution is 2.24. The summed E-state index contributed by atoms with van der Waals surface area (Å²) >= 11 is 0. The van der Waals surface area contributed by atoms with Gasteiger partial charge in [0.1, 0.15) is 23.8 Å². The zero-order valence-electron chi connectivity index (χ0n) is 19.6. The van der Waals surface area contributed by atoms with Crippen LogP contribution in [0.15, 0.2) is 48.5 Å². The van der Waals surface area contributed by atoms with E-state index in [4.69, 9.17) is 24.5 Å². The molecule has 2 aromatic rings. The van der Waals surface area contributed by atoms with Crippen LogP contribution in [0.25, 0.3) is 0 Å². The van der Waals surface area contributed by atoms with Crippen LogP contribution in [-0.4, -0.2) is 60.2 Å². The first-order valence-electron chi connectivity index (χ1n) is 10.5. The minimum Gasteiger partial charge on any atom is -0.490 e. The highest BCUT2D eigenvalue weighted by molar-refractivity contribution is 6.20. The molecule has 1 heterocycles. The standard InChI is InChI=1S/C24H25N3O8/c1-24(2,3)34-23(31)26-19(25)14-9-11-15(12-10-14)33-13-18(22(30)32-4)35-27-20(28)16-7-5-6-8-17(16)21(27)29/h5-12,18H,13H2,1-4H3,(H2,25,26,31). The van der Waals surface area contributed by atoms with E-state index in [1.807, 2.05) is 0 Å². The molecular formula is C24H25N3O8. The van der Waals surface area contributed by atoms with Gasteiger partial charge in [0.25, 0.3) is 11.8 Å². The topological polar surface area (TPSA) is 144 Å². The SMILES string of the molecule is COC(=O)C(COc1ccc(C(=N)NC(=O)OC(C)(C)C)cc1)ON1C(=O)c2ccccc2C1=O. The van der Waals surface area contributed by atoms with Gasteiger partial charge < -0.3 is 14.2 Å². The summed E-state index contributed by atoms with van der Waals surface area (Å²) in [5, 5.41) is 10.9. The van der Waals surface area contributed by atoms with Gasteiger partial charge in [0.05, 0.1) is 18.2 Å². The predicted molar refractivity (Wildman–Crippen MR) is 122 cm³/mol. The lowest BCUT2D eigenvalue weighted by Gasteiger charge is -2.21. The highest BCUT2D eigenvalue weighted by atomic mass is 16.7. The Kier molecular flexibility index (Phi) is 7.50. The van der Waals surface area contributed by atoms with Crippen molar-refractivity contribution in [3.8, 4) is 5.75 Å². The number of hydrogen-bond acceptors (Lipinski definition) is 9. The largest absolute Gasteiger partial charge is 0.490 e. The number of esters is 1. The second kappa shape index (κ2) is 10.3. The monoisotopic (exact) mass is 483 g/mol. The average molecular weight is 483 g/mol. The molecule has 1 aliphatic heterocycles. The highest BCUT2D eigenvalue weighted by Gasteiger charge is 2.40. The van der Waals surface area contributed by atoms with Gasteiger partial charge in [0.15, 0.2) is 0 Å². The van der Waals surface area contributed by atoms with Gasteiger partial charge in [0.2, 0.25) is 6.10 Å². The molecule has 1 unspecified atom stereocenters. The number of carbonyl (C=O) groups excluding carboxylic acids is 4. The molecule has 2 N–H and O–H groups in total. The summed E-state index contributed by atoms with van der Waals surface area (Å²) in [7, 11) is 1.14. The Hall–Kier alpha value is -4.25. The number of amides is 3. The van der Waals surface area contributed by atoms with Crippen LogP contribution in [-0.2, 0) is 19.1 Å². The van der Waals surface area contributed by atoms with Gasteiger partial charge in [0, 0.05) is 5.56 Å². The van der Waals surface area contributed by atoms with E-state index in [0.29, 0.717) is 16.4 Å². The summed E-state index contributed by atoms with van der Waals surface area (Å²) in [6.07, 6.45) is -2.16. The van der Waals surface area contributed by atoms with Crippen LogP contribution in [0, 0.1) is 5.41 Å². The number of rotatable bonds is 7. The average Bonchev–Trinajstić information content (AvgIpc) is 3.05. The molecule has 0 aliphatic carbocycles. The van der Waals surface area contributed by atoms with Crippen molar-refractivity contribution in [3.05, 3.63) is 65.2 Å². The third-order valence-electron chi connectivity index (χ3n) is 4.62. The van der Waals surface area contributed by atoms with Crippen molar-refractivity contribution in [1.82, 2.24) is 10.4 Å². The van der Waals surface area contributed by atoms with Crippen molar-refractivity contribution in [2.24, 2.45) is 0 Å². The molecule has 35 heavy (non-hydrogen) atoms. The third-order valence-corrected chi connectivity index (χ3v) is 4.62. The molecule has 0 bridgehead atoms. The molecule has 1 atom stereocenters. The lowest BCUT2D eigenvalue weighted by Crippen LogP contribution is -2.41. The summed E-state index contributed by atoms with van der Waals surface area (Å²) < 4.78 is 15.4. The molecule has 11 heteroatoms. The molecule has 184 valence electrons. The second-order valence-electron chi connectivity index (χ2n) is 8.40. The van der Waals surface area contributed by atoms with E-state index >= 15 is 0 Å². The Labute approximate surface area is 201 Å². The summed E-state index contributed by atoms with van der Waals surface area (Å²) in [5.74, 6) is -2.10. The summed E-state index contributed by atoms with van der Waals surface area (Å²) in [5.41, 5.74) is 0.0167. The summed E-state index contributed by atoms with van der Waals surface area (Å²) in [6, 6.07) is 12.3. The number of ether oxygens (including phenoxy) is 3. The Morgan fingerprint density at radius 2 is 1.57 bits per heavy atom. The first-order chi connectivity index (χ1) is 16.5. The van der Waals surface area contributed by atoms with Crippen LogP contribution in [0.1, 0.15) is 47.1 Å². The molecule has 11 nitrogen and oxygen atoms in total. The number of imide groups is 1. The zero-order chi connectivity index (χ0) is 25.8. The number of nitrogens with one attached hydrogen (secondary N) is 2. The van der Waals surface area contributed by atoms with Crippen molar-refractivity contribution in [2.75, 3.05) is 13.7 Å². The number of carbonyl (C=O) groups is 4. The Bertz CT molecular complexity index is 1120. The van der Waals surface area contributed by atoms with E-state index in [1.165, 1.54) is 36.4 Å². The zero-order valence-corrected chi connectivity index (χ0v) is 19.6. The number of methoxy groups -OCH3 is 1. The smallest absolute Gasteiger partial charge is 0.413 e. The minimum atomic E-state index is -1.41. The number of hydroxylamine groups is 2. The number of amidine groups is 1. The third kappa shape index (κ3) is 6.21. The molecule has 2 aromatic carbocycles. The van der Waals surface area contributed by atoms with E-state index in [2.05, 4.69) is 5.32 Å². The number of hydrogen-bond donors (Lipinski definition) is 2. The maximum absolute atomic E-state index is 12.5. The molecule has 0 fully saturated rings. The van der Waals surface area contributed by atoms with Crippen LogP contribution < -0.4 is 10.1 Å². The molecule has 0 saturated heterocycles. The second-order valence-corrected chi connectivity index (χ2v) is 8.40. The molecule has 3 amide bonds. The van der Waals surface area contributed by atoms with Crippen LogP contribution in [0.2, 0.25) is 0 Å². The lowest BCUT2D eigenvalue weighted by atomic mass is 10.1.